The number of aromatic hydroxyl groups is 1. The molecule has 0 spiro atoms. The number of aliphatic hydroxyl groups is 2. The van der Waals surface area contributed by atoms with Crippen molar-refractivity contribution >= 4 is 17.5 Å². The van der Waals surface area contributed by atoms with Crippen molar-refractivity contribution in [1.29, 1.82) is 0 Å². The summed E-state index contributed by atoms with van der Waals surface area (Å²) >= 11 is 0. The largest absolute Gasteiger partial charge is 0.504 e. The number of aliphatic hydroxyl groups excluding tert-OH is 2. The van der Waals surface area contributed by atoms with Crippen LogP contribution in [0.5, 0.6) is 11.5 Å². The van der Waals surface area contributed by atoms with E-state index < -0.39 is 0 Å². The highest BCUT2D eigenvalue weighted by molar-refractivity contribution is 6.16. The molecule has 0 bridgehead atoms. The number of hydrogen-bond acceptors (Lipinski definition) is 6. The fraction of sp³-hybridized carbons (Fsp3) is 0.634. The lowest BCUT2D eigenvalue weighted by atomic mass is 10.0. The number of nitrogens with zero attached hydrogens (tertiary/aromatic N) is 1. The van der Waals surface area contributed by atoms with Crippen LogP contribution >= 0.6 is 0 Å². The SMILES string of the molecule is COc1cc(/C=C2\Cc3ccc(N(CCCCCCCCCCCCO)CCCCCCCCCCCCO)cc3C2=O)ccc1O. The van der Waals surface area contributed by atoms with E-state index in [4.69, 9.17) is 14.9 Å². The number of hydrogen-bond donors (Lipinski definition) is 3. The molecule has 3 rings (SSSR count). The van der Waals surface area contributed by atoms with Crippen LogP contribution in [-0.4, -0.2) is 54.5 Å². The van der Waals surface area contributed by atoms with Crippen molar-refractivity contribution in [3.05, 3.63) is 58.7 Å². The predicted octanol–water partition coefficient (Wildman–Crippen LogP) is 9.82. The highest BCUT2D eigenvalue weighted by Gasteiger charge is 2.26. The van der Waals surface area contributed by atoms with Crippen LogP contribution in [0.4, 0.5) is 5.69 Å². The molecule has 0 saturated carbocycles. The average molecular weight is 650 g/mol. The second-order valence-corrected chi connectivity index (χ2v) is 13.5. The van der Waals surface area contributed by atoms with Gasteiger partial charge in [-0.15, -0.1) is 0 Å². The zero-order valence-corrected chi connectivity index (χ0v) is 29.3. The molecule has 6 nitrogen and oxygen atoms in total. The second-order valence-electron chi connectivity index (χ2n) is 13.5. The van der Waals surface area contributed by atoms with E-state index in [-0.39, 0.29) is 11.5 Å². The number of ketones is 1. The number of methoxy groups -OCH3 is 1. The third-order valence-electron chi connectivity index (χ3n) is 9.59. The van der Waals surface area contributed by atoms with Crippen molar-refractivity contribution in [2.24, 2.45) is 0 Å². The van der Waals surface area contributed by atoms with Crippen LogP contribution < -0.4 is 9.64 Å². The highest BCUT2D eigenvalue weighted by Crippen LogP contribution is 2.33. The number of phenolic OH excluding ortho intramolecular Hbond substituents is 1. The third-order valence-corrected chi connectivity index (χ3v) is 9.59. The van der Waals surface area contributed by atoms with E-state index in [1.807, 2.05) is 12.1 Å². The number of carbonyl (C=O) groups excluding carboxylic acids is 1. The van der Waals surface area contributed by atoms with Gasteiger partial charge in [-0.2, -0.15) is 0 Å². The van der Waals surface area contributed by atoms with Crippen LogP contribution in [0.3, 0.4) is 0 Å². The smallest absolute Gasteiger partial charge is 0.189 e. The predicted molar refractivity (Wildman–Crippen MR) is 196 cm³/mol. The first-order chi connectivity index (χ1) is 23.1. The fourth-order valence-electron chi connectivity index (χ4n) is 6.71. The summed E-state index contributed by atoms with van der Waals surface area (Å²) in [4.78, 5) is 16.0. The van der Waals surface area contributed by atoms with Gasteiger partial charge in [-0.25, -0.2) is 0 Å². The number of phenols is 1. The summed E-state index contributed by atoms with van der Waals surface area (Å²) in [6, 6.07) is 11.7. The lowest BCUT2D eigenvalue weighted by Crippen LogP contribution is -2.26. The number of carbonyl (C=O) groups is 1. The van der Waals surface area contributed by atoms with E-state index in [0.717, 1.165) is 66.7 Å². The number of anilines is 1. The minimum Gasteiger partial charge on any atom is -0.504 e. The van der Waals surface area contributed by atoms with Crippen molar-refractivity contribution < 1.29 is 24.9 Å². The van der Waals surface area contributed by atoms with Gasteiger partial charge >= 0.3 is 0 Å². The first-order valence-electron chi connectivity index (χ1n) is 18.8. The molecule has 0 radical (unpaired) electrons. The van der Waals surface area contributed by atoms with E-state index in [2.05, 4.69) is 23.1 Å². The Balaban J connectivity index is 1.51. The summed E-state index contributed by atoms with van der Waals surface area (Å²) in [7, 11) is 1.53. The van der Waals surface area contributed by atoms with Gasteiger partial charge < -0.3 is 25.0 Å². The Morgan fingerprint density at radius 1 is 0.660 bits per heavy atom. The maximum absolute atomic E-state index is 13.5. The van der Waals surface area contributed by atoms with Crippen LogP contribution in [0, 0.1) is 0 Å². The van der Waals surface area contributed by atoms with Gasteiger partial charge in [-0.3, -0.25) is 4.79 Å². The van der Waals surface area contributed by atoms with Gasteiger partial charge in [0.05, 0.1) is 7.11 Å². The summed E-state index contributed by atoms with van der Waals surface area (Å²) < 4.78 is 5.26. The Hall–Kier alpha value is -2.83. The minimum atomic E-state index is 0.0935. The molecule has 1 aliphatic carbocycles. The van der Waals surface area contributed by atoms with Gasteiger partial charge in [-0.1, -0.05) is 115 Å². The summed E-state index contributed by atoms with van der Waals surface area (Å²) in [6.07, 6.45) is 27.0. The Labute approximate surface area is 285 Å². The van der Waals surface area contributed by atoms with Crippen LogP contribution in [0.15, 0.2) is 42.0 Å². The molecular weight excluding hydrogens is 586 g/mol. The minimum absolute atomic E-state index is 0.0935. The molecule has 0 heterocycles. The third kappa shape index (κ3) is 14.4. The van der Waals surface area contributed by atoms with Crippen molar-refractivity contribution in [3.8, 4) is 11.5 Å². The van der Waals surface area contributed by atoms with Gasteiger partial charge in [0.1, 0.15) is 0 Å². The van der Waals surface area contributed by atoms with Gasteiger partial charge in [0.15, 0.2) is 17.3 Å². The number of allylic oxidation sites excluding steroid dienone is 1. The molecule has 1 aliphatic rings. The second kappa shape index (κ2) is 23.5. The average Bonchev–Trinajstić information content (AvgIpc) is 3.39. The molecule has 47 heavy (non-hydrogen) atoms. The van der Waals surface area contributed by atoms with Crippen molar-refractivity contribution in [2.45, 2.75) is 135 Å². The number of Topliss-reactive ketones (excluding diaryl/α,β-unsaturated/α-hetero) is 1. The molecule has 0 saturated heterocycles. The van der Waals surface area contributed by atoms with E-state index in [9.17, 15) is 9.90 Å². The zero-order chi connectivity index (χ0) is 33.5. The Morgan fingerprint density at radius 3 is 1.64 bits per heavy atom. The Kier molecular flexibility index (Phi) is 19.3. The van der Waals surface area contributed by atoms with E-state index in [1.165, 1.54) is 110 Å². The molecule has 0 aliphatic heterocycles. The first kappa shape index (κ1) is 38.6. The number of rotatable bonds is 27. The van der Waals surface area contributed by atoms with Crippen molar-refractivity contribution in [1.82, 2.24) is 0 Å². The van der Waals surface area contributed by atoms with Crippen LogP contribution in [0.2, 0.25) is 0 Å². The molecule has 0 aromatic heterocycles. The standard InChI is InChI=1S/C41H63NO5/c1-47-40-31-34(22-25-39(40)45)30-36-32-35-23-24-37(33-38(35)41(36)46)42(26-18-14-10-6-2-4-8-12-16-20-28-43)27-19-15-11-7-3-5-9-13-17-21-29-44/h22-25,30-31,33,43-45H,2-21,26-29,32H2,1H3/b36-30+. The molecular formula is C41H63NO5. The van der Waals surface area contributed by atoms with E-state index in [0.29, 0.717) is 25.4 Å². The van der Waals surface area contributed by atoms with Crippen LogP contribution in [0.1, 0.15) is 150 Å². The van der Waals surface area contributed by atoms with Gasteiger partial charge in [0.25, 0.3) is 0 Å². The molecule has 2 aromatic rings. The molecule has 0 atom stereocenters. The molecule has 0 amide bonds. The molecule has 6 heteroatoms. The van der Waals surface area contributed by atoms with Gasteiger partial charge in [0.2, 0.25) is 0 Å². The molecule has 2 aromatic carbocycles. The van der Waals surface area contributed by atoms with Gasteiger partial charge in [-0.05, 0) is 67.2 Å². The normalized spacial score (nSPS) is 13.4. The summed E-state index contributed by atoms with van der Waals surface area (Å²) in [5.74, 6) is 0.598. The summed E-state index contributed by atoms with van der Waals surface area (Å²) in [5, 5.41) is 27.8. The highest BCUT2D eigenvalue weighted by atomic mass is 16.5. The number of fused-ring (bicyclic) bond motifs is 1. The molecule has 262 valence electrons. The fourth-order valence-corrected chi connectivity index (χ4v) is 6.71. The van der Waals surface area contributed by atoms with Gasteiger partial charge in [0, 0.05) is 49.5 Å². The topological polar surface area (TPSA) is 90.2 Å². The number of unbranched alkanes of at least 4 members (excludes halogenated alkanes) is 18. The molecule has 0 fully saturated rings. The summed E-state index contributed by atoms with van der Waals surface area (Å²) in [6.45, 7) is 2.69. The van der Waals surface area contributed by atoms with Crippen LogP contribution in [-0.2, 0) is 6.42 Å². The zero-order valence-electron chi connectivity index (χ0n) is 29.3. The number of ether oxygens (including phenoxy) is 1. The Morgan fingerprint density at radius 2 is 1.15 bits per heavy atom. The summed E-state index contributed by atoms with van der Waals surface area (Å²) in [5.41, 5.74) is 4.69. The van der Waals surface area contributed by atoms with E-state index >= 15 is 0 Å². The Bertz CT molecular complexity index is 1170. The van der Waals surface area contributed by atoms with Crippen molar-refractivity contribution in [3.63, 3.8) is 0 Å². The molecule has 3 N–H and O–H groups in total. The maximum Gasteiger partial charge on any atom is 0.189 e. The maximum atomic E-state index is 13.5. The first-order valence-corrected chi connectivity index (χ1v) is 18.8. The van der Waals surface area contributed by atoms with E-state index in [1.54, 1.807) is 12.1 Å². The lowest BCUT2D eigenvalue weighted by Gasteiger charge is -2.25. The molecule has 0 unspecified atom stereocenters. The monoisotopic (exact) mass is 649 g/mol. The lowest BCUT2D eigenvalue weighted by molar-refractivity contribution is 0.104. The number of benzene rings is 2. The quantitative estimate of drug-likeness (QED) is 0.0659. The van der Waals surface area contributed by atoms with Crippen molar-refractivity contribution in [2.75, 3.05) is 38.3 Å². The van der Waals surface area contributed by atoms with Crippen LogP contribution in [0.25, 0.3) is 6.08 Å².